The van der Waals surface area contributed by atoms with Crippen molar-refractivity contribution in [1.29, 1.82) is 0 Å². The van der Waals surface area contributed by atoms with Crippen LogP contribution in [0.5, 0.6) is 0 Å². The lowest BCUT2D eigenvalue weighted by Gasteiger charge is -2.32. The first kappa shape index (κ1) is 14.2. The van der Waals surface area contributed by atoms with Crippen molar-refractivity contribution >= 4 is 5.91 Å². The molecule has 1 fully saturated rings. The van der Waals surface area contributed by atoms with Crippen LogP contribution in [-0.4, -0.2) is 62.0 Å². The highest BCUT2D eigenvalue weighted by molar-refractivity contribution is 5.77. The molecule has 0 atom stereocenters. The molecule has 98 valence electrons. The van der Waals surface area contributed by atoms with Crippen LogP contribution in [0.4, 0.5) is 0 Å². The molecule has 0 radical (unpaired) electrons. The van der Waals surface area contributed by atoms with Crippen molar-refractivity contribution in [1.82, 2.24) is 15.1 Å². The molecule has 17 heavy (non-hydrogen) atoms. The molecule has 0 unspecified atom stereocenters. The second-order valence-electron chi connectivity index (χ2n) is 5.18. The standard InChI is InChI=1S/C13H25N3O/c1-11(2)9-14-12-5-7-16(8-6-12)10-13(17)15(3)4/h12,14H,1,5-10H2,2-4H3. The highest BCUT2D eigenvalue weighted by Crippen LogP contribution is 2.10. The van der Waals surface area contributed by atoms with Gasteiger partial charge in [-0.3, -0.25) is 9.69 Å². The van der Waals surface area contributed by atoms with Crippen LogP contribution in [0.1, 0.15) is 19.8 Å². The van der Waals surface area contributed by atoms with E-state index in [1.807, 2.05) is 21.0 Å². The lowest BCUT2D eigenvalue weighted by Crippen LogP contribution is -2.46. The molecule has 1 aliphatic rings. The minimum absolute atomic E-state index is 0.193. The topological polar surface area (TPSA) is 35.6 Å². The molecule has 1 aliphatic heterocycles. The molecular formula is C13H25N3O. The molecule has 0 aromatic rings. The Balaban J connectivity index is 2.21. The molecule has 4 nitrogen and oxygen atoms in total. The van der Waals surface area contributed by atoms with E-state index < -0.39 is 0 Å². The Morgan fingerprint density at radius 1 is 1.41 bits per heavy atom. The lowest BCUT2D eigenvalue weighted by atomic mass is 10.0. The third-order valence-electron chi connectivity index (χ3n) is 3.14. The second-order valence-corrected chi connectivity index (χ2v) is 5.18. The number of likely N-dealkylation sites (N-methyl/N-ethyl adjacent to an activating group) is 1. The number of rotatable bonds is 5. The van der Waals surface area contributed by atoms with Crippen molar-refractivity contribution in [2.75, 3.05) is 40.3 Å². The fourth-order valence-corrected chi connectivity index (χ4v) is 1.95. The van der Waals surface area contributed by atoms with Gasteiger partial charge in [0.15, 0.2) is 0 Å². The zero-order chi connectivity index (χ0) is 12.8. The number of piperidine rings is 1. The van der Waals surface area contributed by atoms with Crippen molar-refractivity contribution in [2.45, 2.75) is 25.8 Å². The zero-order valence-electron chi connectivity index (χ0n) is 11.3. The van der Waals surface area contributed by atoms with Gasteiger partial charge in [0, 0.05) is 39.8 Å². The van der Waals surface area contributed by atoms with Crippen LogP contribution in [0.3, 0.4) is 0 Å². The highest BCUT2D eigenvalue weighted by atomic mass is 16.2. The van der Waals surface area contributed by atoms with Crippen molar-refractivity contribution < 1.29 is 4.79 Å². The van der Waals surface area contributed by atoms with Crippen molar-refractivity contribution in [3.63, 3.8) is 0 Å². The first-order chi connectivity index (χ1) is 7.99. The summed E-state index contributed by atoms with van der Waals surface area (Å²) in [5.74, 6) is 0.193. The molecule has 0 aromatic heterocycles. The molecule has 0 aromatic carbocycles. The fourth-order valence-electron chi connectivity index (χ4n) is 1.95. The van der Waals surface area contributed by atoms with E-state index in [0.29, 0.717) is 12.6 Å². The van der Waals surface area contributed by atoms with E-state index in [1.54, 1.807) is 4.90 Å². The molecule has 4 heteroatoms. The van der Waals surface area contributed by atoms with Crippen molar-refractivity contribution in [2.24, 2.45) is 0 Å². The number of amides is 1. The van der Waals surface area contributed by atoms with Gasteiger partial charge in [0.05, 0.1) is 6.54 Å². The molecule has 1 N–H and O–H groups in total. The van der Waals surface area contributed by atoms with Crippen LogP contribution in [0.2, 0.25) is 0 Å². The van der Waals surface area contributed by atoms with E-state index in [4.69, 9.17) is 0 Å². The average molecular weight is 239 g/mol. The summed E-state index contributed by atoms with van der Waals surface area (Å²) in [6, 6.07) is 0.581. The summed E-state index contributed by atoms with van der Waals surface area (Å²) in [7, 11) is 3.62. The molecule has 1 heterocycles. The summed E-state index contributed by atoms with van der Waals surface area (Å²) in [5.41, 5.74) is 1.18. The second kappa shape index (κ2) is 6.77. The monoisotopic (exact) mass is 239 g/mol. The van der Waals surface area contributed by atoms with Crippen LogP contribution in [-0.2, 0) is 4.79 Å². The third-order valence-corrected chi connectivity index (χ3v) is 3.14. The van der Waals surface area contributed by atoms with Gasteiger partial charge in [-0.15, -0.1) is 0 Å². The maximum absolute atomic E-state index is 11.6. The van der Waals surface area contributed by atoms with E-state index >= 15 is 0 Å². The number of hydrogen-bond acceptors (Lipinski definition) is 3. The van der Waals surface area contributed by atoms with Crippen LogP contribution in [0.15, 0.2) is 12.2 Å². The minimum Gasteiger partial charge on any atom is -0.348 e. The summed E-state index contributed by atoms with van der Waals surface area (Å²) in [6.07, 6.45) is 2.24. The quantitative estimate of drug-likeness (QED) is 0.718. The van der Waals surface area contributed by atoms with Gasteiger partial charge in [-0.25, -0.2) is 0 Å². The van der Waals surface area contributed by atoms with Gasteiger partial charge in [0.25, 0.3) is 0 Å². The number of carbonyl (C=O) groups is 1. The number of nitrogens with zero attached hydrogens (tertiary/aromatic N) is 2. The highest BCUT2D eigenvalue weighted by Gasteiger charge is 2.20. The maximum atomic E-state index is 11.6. The predicted octanol–water partition coefficient (Wildman–Crippen LogP) is 0.705. The van der Waals surface area contributed by atoms with E-state index in [9.17, 15) is 4.79 Å². The molecule has 0 bridgehead atoms. The minimum atomic E-state index is 0.193. The Labute approximate surface area is 105 Å². The lowest BCUT2D eigenvalue weighted by molar-refractivity contribution is -0.130. The molecule has 0 aliphatic carbocycles. The largest absolute Gasteiger partial charge is 0.348 e. The van der Waals surface area contributed by atoms with Gasteiger partial charge < -0.3 is 10.2 Å². The van der Waals surface area contributed by atoms with E-state index in [-0.39, 0.29) is 5.91 Å². The molecular weight excluding hydrogens is 214 g/mol. The Kier molecular flexibility index (Phi) is 5.65. The molecule has 0 spiro atoms. The molecule has 1 saturated heterocycles. The van der Waals surface area contributed by atoms with E-state index in [1.165, 1.54) is 5.57 Å². The molecule has 0 saturated carbocycles. The van der Waals surface area contributed by atoms with Gasteiger partial charge in [0.1, 0.15) is 0 Å². The fraction of sp³-hybridized carbons (Fsp3) is 0.769. The SMILES string of the molecule is C=C(C)CNC1CCN(CC(=O)N(C)C)CC1. The van der Waals surface area contributed by atoms with E-state index in [2.05, 4.69) is 16.8 Å². The molecule has 1 amide bonds. The number of nitrogens with one attached hydrogen (secondary N) is 1. The van der Waals surface area contributed by atoms with Gasteiger partial charge in [-0.2, -0.15) is 0 Å². The average Bonchev–Trinajstić information content (AvgIpc) is 2.28. The summed E-state index contributed by atoms with van der Waals surface area (Å²) in [5, 5.41) is 3.50. The number of hydrogen-bond donors (Lipinski definition) is 1. The van der Waals surface area contributed by atoms with E-state index in [0.717, 1.165) is 32.5 Å². The number of carbonyl (C=O) groups excluding carboxylic acids is 1. The Bertz CT molecular complexity index is 268. The Morgan fingerprint density at radius 2 is 2.00 bits per heavy atom. The van der Waals surface area contributed by atoms with Gasteiger partial charge in [-0.1, -0.05) is 12.2 Å². The summed E-state index contributed by atoms with van der Waals surface area (Å²) in [6.45, 7) is 9.40. The predicted molar refractivity (Wildman–Crippen MR) is 71.0 cm³/mol. The Hall–Kier alpha value is -0.870. The van der Waals surface area contributed by atoms with Gasteiger partial charge >= 0.3 is 0 Å². The van der Waals surface area contributed by atoms with Crippen LogP contribution < -0.4 is 5.32 Å². The first-order valence-corrected chi connectivity index (χ1v) is 6.29. The third kappa shape index (κ3) is 5.33. The van der Waals surface area contributed by atoms with Crippen molar-refractivity contribution in [3.05, 3.63) is 12.2 Å². The van der Waals surface area contributed by atoms with Gasteiger partial charge in [-0.05, 0) is 19.8 Å². The summed E-state index contributed by atoms with van der Waals surface area (Å²) in [4.78, 5) is 15.5. The Morgan fingerprint density at radius 3 is 2.47 bits per heavy atom. The normalized spacial score (nSPS) is 18.1. The number of likely N-dealkylation sites (tertiary alicyclic amines) is 1. The van der Waals surface area contributed by atoms with Crippen LogP contribution in [0.25, 0.3) is 0 Å². The first-order valence-electron chi connectivity index (χ1n) is 6.29. The maximum Gasteiger partial charge on any atom is 0.236 e. The summed E-state index contributed by atoms with van der Waals surface area (Å²) >= 11 is 0. The summed E-state index contributed by atoms with van der Waals surface area (Å²) < 4.78 is 0. The van der Waals surface area contributed by atoms with Crippen LogP contribution in [0, 0.1) is 0 Å². The smallest absolute Gasteiger partial charge is 0.236 e. The zero-order valence-corrected chi connectivity index (χ0v) is 11.3. The van der Waals surface area contributed by atoms with Crippen LogP contribution >= 0.6 is 0 Å². The molecule has 1 rings (SSSR count). The van der Waals surface area contributed by atoms with Crippen molar-refractivity contribution in [3.8, 4) is 0 Å². The van der Waals surface area contributed by atoms with Gasteiger partial charge in [0.2, 0.25) is 5.91 Å².